The molecule has 1 aliphatic heterocycles. The van der Waals surface area contributed by atoms with Crippen LogP contribution < -0.4 is 5.32 Å². The lowest BCUT2D eigenvalue weighted by Crippen LogP contribution is -2.36. The van der Waals surface area contributed by atoms with Crippen LogP contribution in [0.25, 0.3) is 71.7 Å². The average molecular weight is 719 g/mol. The van der Waals surface area contributed by atoms with Gasteiger partial charge in [0.05, 0.1) is 11.0 Å². The molecule has 0 radical (unpaired) electrons. The van der Waals surface area contributed by atoms with Crippen molar-refractivity contribution in [1.82, 2.24) is 9.88 Å². The Balaban J connectivity index is 1.08. The van der Waals surface area contributed by atoms with Crippen molar-refractivity contribution in [2.24, 2.45) is 9.98 Å². The molecule has 264 valence electrons. The third-order valence-corrected chi connectivity index (χ3v) is 10.8. The maximum absolute atomic E-state index is 6.91. The van der Waals surface area contributed by atoms with E-state index in [4.69, 9.17) is 14.4 Å². The number of amidine groups is 2. The first-order chi connectivity index (χ1) is 27.7. The average Bonchev–Trinajstić information content (AvgIpc) is 3.81. The van der Waals surface area contributed by atoms with Crippen LogP contribution in [0, 0.1) is 0 Å². The largest absolute Gasteiger partial charge is 0.456 e. The fraction of sp³-hybridized carbons (Fsp3) is 0.0196. The Bertz CT molecular complexity index is 3160. The lowest BCUT2D eigenvalue weighted by Gasteiger charge is -2.22. The number of hydrogen-bond acceptors (Lipinski definition) is 4. The molecule has 2 aromatic heterocycles. The lowest BCUT2D eigenvalue weighted by atomic mass is 10.0. The Morgan fingerprint density at radius 2 is 0.982 bits per heavy atom. The van der Waals surface area contributed by atoms with Crippen molar-refractivity contribution in [2.45, 2.75) is 6.17 Å². The molecule has 0 fully saturated rings. The number of para-hydroxylation sites is 2. The highest BCUT2D eigenvalue weighted by Crippen LogP contribution is 2.41. The number of rotatable bonds is 6. The van der Waals surface area contributed by atoms with Gasteiger partial charge in [0.15, 0.2) is 6.17 Å². The van der Waals surface area contributed by atoms with Crippen LogP contribution in [0.2, 0.25) is 0 Å². The van der Waals surface area contributed by atoms with Crippen LogP contribution >= 0.6 is 0 Å². The maximum Gasteiger partial charge on any atom is 0.173 e. The zero-order valence-corrected chi connectivity index (χ0v) is 30.3. The number of benzene rings is 8. The molecule has 1 aliphatic rings. The van der Waals surface area contributed by atoms with Gasteiger partial charge < -0.3 is 14.3 Å². The molecule has 0 amide bonds. The highest BCUT2D eigenvalue weighted by molar-refractivity contribution is 6.18. The zero-order chi connectivity index (χ0) is 37.0. The monoisotopic (exact) mass is 718 g/mol. The molecule has 0 bridgehead atoms. The molecule has 11 rings (SSSR count). The van der Waals surface area contributed by atoms with Gasteiger partial charge >= 0.3 is 0 Å². The van der Waals surface area contributed by atoms with Gasteiger partial charge in [-0.2, -0.15) is 0 Å². The van der Waals surface area contributed by atoms with Crippen LogP contribution in [0.15, 0.2) is 209 Å². The van der Waals surface area contributed by atoms with Crippen LogP contribution in [-0.4, -0.2) is 16.2 Å². The maximum atomic E-state index is 6.91. The first kappa shape index (κ1) is 32.0. The highest BCUT2D eigenvalue weighted by atomic mass is 16.3. The van der Waals surface area contributed by atoms with E-state index in [2.05, 4.69) is 180 Å². The SMILES string of the molecule is c1ccc(C2=NC(c3cccc4c3oc3cc5c(cc34)c3ccccc3n5-c3cccc(-c4ccccc4)c3)N=C(c3cccc(-c4ccccc4)c3)N2)cc1. The summed E-state index contributed by atoms with van der Waals surface area (Å²) < 4.78 is 9.27. The minimum atomic E-state index is -0.532. The predicted molar refractivity (Wildman–Crippen MR) is 231 cm³/mol. The van der Waals surface area contributed by atoms with E-state index >= 15 is 0 Å². The summed E-state index contributed by atoms with van der Waals surface area (Å²) >= 11 is 0. The van der Waals surface area contributed by atoms with Crippen LogP contribution in [0.3, 0.4) is 0 Å². The van der Waals surface area contributed by atoms with E-state index in [0.29, 0.717) is 0 Å². The summed E-state index contributed by atoms with van der Waals surface area (Å²) in [4.78, 5) is 10.5. The highest BCUT2D eigenvalue weighted by Gasteiger charge is 2.25. The standard InChI is InChI=1S/C51H34N4O/c1-4-15-33(16-5-1)36-21-12-23-38(29-36)50-52-49(35-19-8-3-9-20-35)53-51(54-50)42-27-14-26-41-44-31-43-40-25-10-11-28-45(40)55(46(43)32-47(44)56-48(41)42)39-24-13-22-37(30-39)34-17-6-2-7-18-34/h1-32,51H,(H,52,53,54). The second-order valence-electron chi connectivity index (χ2n) is 14.2. The van der Waals surface area contributed by atoms with E-state index < -0.39 is 6.17 Å². The molecule has 1 atom stereocenters. The second-order valence-corrected chi connectivity index (χ2v) is 14.2. The van der Waals surface area contributed by atoms with E-state index in [0.717, 1.165) is 78.1 Å². The summed E-state index contributed by atoms with van der Waals surface area (Å²) in [7, 11) is 0. The fourth-order valence-electron chi connectivity index (χ4n) is 8.17. The van der Waals surface area contributed by atoms with Crippen LogP contribution in [0.5, 0.6) is 0 Å². The zero-order valence-electron chi connectivity index (χ0n) is 30.3. The molecule has 5 heteroatoms. The van der Waals surface area contributed by atoms with Gasteiger partial charge in [-0.25, -0.2) is 9.98 Å². The van der Waals surface area contributed by atoms with Gasteiger partial charge in [0.25, 0.3) is 0 Å². The third-order valence-electron chi connectivity index (χ3n) is 10.8. The van der Waals surface area contributed by atoms with Gasteiger partial charge in [0, 0.05) is 50.0 Å². The van der Waals surface area contributed by atoms with Gasteiger partial charge in [0.1, 0.15) is 22.8 Å². The summed E-state index contributed by atoms with van der Waals surface area (Å²) in [5.41, 5.74) is 12.5. The summed E-state index contributed by atoms with van der Waals surface area (Å²) in [5.74, 6) is 1.53. The minimum Gasteiger partial charge on any atom is -0.456 e. The van der Waals surface area contributed by atoms with Crippen LogP contribution in [0.4, 0.5) is 0 Å². The van der Waals surface area contributed by atoms with Crippen molar-refractivity contribution in [3.8, 4) is 27.9 Å². The first-order valence-corrected chi connectivity index (χ1v) is 18.9. The van der Waals surface area contributed by atoms with E-state index in [1.165, 1.54) is 21.9 Å². The molecule has 3 heterocycles. The van der Waals surface area contributed by atoms with Crippen LogP contribution in [0.1, 0.15) is 22.9 Å². The van der Waals surface area contributed by atoms with Gasteiger partial charge in [0.2, 0.25) is 0 Å². The smallest absolute Gasteiger partial charge is 0.173 e. The molecule has 0 aliphatic carbocycles. The van der Waals surface area contributed by atoms with Gasteiger partial charge in [-0.3, -0.25) is 0 Å². The Hall–Kier alpha value is -7.50. The Kier molecular flexibility index (Phi) is 7.49. The number of furan rings is 1. The van der Waals surface area contributed by atoms with E-state index in [9.17, 15) is 0 Å². The van der Waals surface area contributed by atoms with Crippen molar-refractivity contribution >= 4 is 55.4 Å². The quantitative estimate of drug-likeness (QED) is 0.186. The Morgan fingerprint density at radius 3 is 1.73 bits per heavy atom. The number of nitrogens with zero attached hydrogens (tertiary/aromatic N) is 3. The molecule has 0 saturated heterocycles. The summed E-state index contributed by atoms with van der Waals surface area (Å²) in [6.07, 6.45) is -0.532. The molecule has 0 spiro atoms. The van der Waals surface area contributed by atoms with E-state index in [1.54, 1.807) is 0 Å². The lowest BCUT2D eigenvalue weighted by molar-refractivity contribution is 0.649. The summed E-state index contributed by atoms with van der Waals surface area (Å²) in [6.45, 7) is 0. The third kappa shape index (κ3) is 5.40. The minimum absolute atomic E-state index is 0.532. The van der Waals surface area contributed by atoms with Crippen molar-refractivity contribution in [3.05, 3.63) is 211 Å². The first-order valence-electron chi connectivity index (χ1n) is 18.9. The van der Waals surface area contributed by atoms with Gasteiger partial charge in [-0.1, -0.05) is 158 Å². The normalized spacial score (nSPS) is 14.2. The predicted octanol–water partition coefficient (Wildman–Crippen LogP) is 12.5. The second kappa shape index (κ2) is 13.1. The van der Waals surface area contributed by atoms with Crippen molar-refractivity contribution in [1.29, 1.82) is 0 Å². The van der Waals surface area contributed by atoms with E-state index in [-0.39, 0.29) is 0 Å². The van der Waals surface area contributed by atoms with Crippen molar-refractivity contribution < 1.29 is 4.42 Å². The Morgan fingerprint density at radius 1 is 0.411 bits per heavy atom. The van der Waals surface area contributed by atoms with Crippen molar-refractivity contribution in [3.63, 3.8) is 0 Å². The molecule has 10 aromatic rings. The van der Waals surface area contributed by atoms with E-state index in [1.807, 2.05) is 24.3 Å². The number of fused-ring (bicyclic) bond motifs is 6. The number of hydrogen-bond donors (Lipinski definition) is 1. The molecule has 8 aromatic carbocycles. The molecule has 5 nitrogen and oxygen atoms in total. The molecular weight excluding hydrogens is 685 g/mol. The molecule has 1 N–H and O–H groups in total. The number of nitrogens with one attached hydrogen (secondary N) is 1. The van der Waals surface area contributed by atoms with Crippen LogP contribution in [-0.2, 0) is 0 Å². The molecule has 56 heavy (non-hydrogen) atoms. The summed E-state index contributed by atoms with van der Waals surface area (Å²) in [6, 6.07) is 68.0. The fourth-order valence-corrected chi connectivity index (χ4v) is 8.17. The van der Waals surface area contributed by atoms with Gasteiger partial charge in [-0.05, 0) is 52.6 Å². The topological polar surface area (TPSA) is 54.8 Å². The molecule has 0 saturated carbocycles. The molecule has 1 unspecified atom stereocenters. The summed E-state index contributed by atoms with van der Waals surface area (Å²) in [5, 5.41) is 8.06. The molecular formula is C51H34N4O. The number of aliphatic imine (C=N–C) groups is 2. The Labute approximate surface area is 323 Å². The van der Waals surface area contributed by atoms with Gasteiger partial charge in [-0.15, -0.1) is 0 Å². The number of aromatic nitrogens is 1. The van der Waals surface area contributed by atoms with Crippen molar-refractivity contribution in [2.75, 3.05) is 0 Å².